The number of carbonyl (C=O) groups is 1. The molecule has 1 aromatic rings. The standard InChI is InChI=1S/C17H21O/c1-7-8-9-15-12(2)10-14(17(4,5)6)11-16(15)13(3)18/h10-11H,1-2,4-9H2,3H3. The molecule has 0 heterocycles. The summed E-state index contributed by atoms with van der Waals surface area (Å²) in [5.41, 5.74) is 2.73. The van der Waals surface area contributed by atoms with E-state index in [1.54, 1.807) is 6.92 Å². The number of unbranched alkanes of at least 4 members (excludes halogenated alkanes) is 1. The number of hydrogen-bond donors (Lipinski definition) is 0. The largest absolute Gasteiger partial charge is 0.295 e. The van der Waals surface area contributed by atoms with E-state index in [1.165, 1.54) is 0 Å². The quantitative estimate of drug-likeness (QED) is 0.713. The molecule has 0 saturated heterocycles. The molecule has 0 aliphatic carbocycles. The van der Waals surface area contributed by atoms with E-state index < -0.39 is 5.41 Å². The van der Waals surface area contributed by atoms with Crippen molar-refractivity contribution in [3.05, 3.63) is 69.0 Å². The van der Waals surface area contributed by atoms with Gasteiger partial charge in [0.2, 0.25) is 0 Å². The van der Waals surface area contributed by atoms with E-state index in [1.807, 2.05) is 12.1 Å². The van der Waals surface area contributed by atoms with Crippen LogP contribution in [0.1, 0.15) is 46.8 Å². The van der Waals surface area contributed by atoms with Crippen LogP contribution in [0.5, 0.6) is 0 Å². The Morgan fingerprint density at radius 1 is 1.28 bits per heavy atom. The fourth-order valence-corrected chi connectivity index (χ4v) is 1.95. The molecule has 1 rings (SSSR count). The SMILES string of the molecule is [CH2]CCCc1c([CH2])cc(C([CH2])([CH2])[CH2])cc1C(C)=O. The first-order valence-corrected chi connectivity index (χ1v) is 6.13. The van der Waals surface area contributed by atoms with Crippen LogP contribution in [0, 0.1) is 34.6 Å². The first-order chi connectivity index (χ1) is 8.27. The molecule has 0 bridgehead atoms. The highest BCUT2D eigenvalue weighted by molar-refractivity contribution is 5.96. The molecule has 1 aromatic carbocycles. The van der Waals surface area contributed by atoms with E-state index in [9.17, 15) is 4.79 Å². The summed E-state index contributed by atoms with van der Waals surface area (Å²) in [5.74, 6) is 0.0464. The lowest BCUT2D eigenvalue weighted by Crippen LogP contribution is -2.15. The minimum absolute atomic E-state index is 0.0464. The Bertz CT molecular complexity index is 436. The number of benzene rings is 1. The van der Waals surface area contributed by atoms with E-state index in [2.05, 4.69) is 34.6 Å². The van der Waals surface area contributed by atoms with E-state index in [0.717, 1.165) is 36.0 Å². The highest BCUT2D eigenvalue weighted by atomic mass is 16.1. The topological polar surface area (TPSA) is 17.1 Å². The smallest absolute Gasteiger partial charge is 0.160 e. The maximum atomic E-state index is 11.8. The van der Waals surface area contributed by atoms with Crippen LogP contribution < -0.4 is 0 Å². The van der Waals surface area contributed by atoms with Gasteiger partial charge < -0.3 is 0 Å². The Balaban J connectivity index is 3.31. The van der Waals surface area contributed by atoms with Gasteiger partial charge in [0.15, 0.2) is 5.78 Å². The van der Waals surface area contributed by atoms with Gasteiger partial charge in [-0.1, -0.05) is 19.4 Å². The number of ketones is 1. The summed E-state index contributed by atoms with van der Waals surface area (Å²) in [6.07, 6.45) is 2.63. The van der Waals surface area contributed by atoms with Crippen LogP contribution in [-0.4, -0.2) is 5.78 Å². The Morgan fingerprint density at radius 3 is 2.33 bits per heavy atom. The second kappa shape index (κ2) is 5.69. The maximum absolute atomic E-state index is 11.8. The molecule has 95 valence electrons. The van der Waals surface area contributed by atoms with Crippen molar-refractivity contribution in [3.8, 4) is 0 Å². The number of Topliss-reactive ketones (excluding diaryl/α,β-unsaturated/α-hetero) is 1. The van der Waals surface area contributed by atoms with Gasteiger partial charge in [-0.25, -0.2) is 0 Å². The van der Waals surface area contributed by atoms with Crippen molar-refractivity contribution in [1.82, 2.24) is 0 Å². The Hall–Kier alpha value is -1.11. The molecule has 1 heteroatoms. The monoisotopic (exact) mass is 241 g/mol. The van der Waals surface area contributed by atoms with Gasteiger partial charge in [-0.15, -0.1) is 0 Å². The summed E-state index contributed by atoms with van der Waals surface area (Å²) in [4.78, 5) is 11.8. The first kappa shape index (κ1) is 14.9. The zero-order chi connectivity index (χ0) is 13.9. The van der Waals surface area contributed by atoms with Gasteiger partial charge in [-0.2, -0.15) is 0 Å². The lowest BCUT2D eigenvalue weighted by molar-refractivity contribution is 0.101. The van der Waals surface area contributed by atoms with Gasteiger partial charge in [-0.3, -0.25) is 4.79 Å². The molecule has 0 aliphatic heterocycles. The highest BCUT2D eigenvalue weighted by Crippen LogP contribution is 2.27. The van der Waals surface area contributed by atoms with Crippen LogP contribution in [0.25, 0.3) is 0 Å². The first-order valence-electron chi connectivity index (χ1n) is 6.13. The molecule has 0 aromatic heterocycles. The van der Waals surface area contributed by atoms with Gasteiger partial charge in [0.25, 0.3) is 0 Å². The van der Waals surface area contributed by atoms with Gasteiger partial charge in [0.1, 0.15) is 0 Å². The molecule has 0 saturated carbocycles. The van der Waals surface area contributed by atoms with Crippen LogP contribution in [-0.2, 0) is 11.8 Å². The normalized spacial score (nSPS) is 11.7. The van der Waals surface area contributed by atoms with Gasteiger partial charge >= 0.3 is 0 Å². The van der Waals surface area contributed by atoms with E-state index in [-0.39, 0.29) is 5.78 Å². The molecule has 0 atom stereocenters. The Morgan fingerprint density at radius 2 is 1.89 bits per heavy atom. The molecular weight excluding hydrogens is 220 g/mol. The summed E-state index contributed by atoms with van der Waals surface area (Å²) in [6.45, 7) is 21.1. The minimum atomic E-state index is -0.707. The predicted octanol–water partition coefficient (Wildman–Crippen LogP) is 3.97. The summed E-state index contributed by atoms with van der Waals surface area (Å²) in [5, 5.41) is 0. The molecule has 0 amide bonds. The lowest BCUT2D eigenvalue weighted by atomic mass is 9.82. The van der Waals surface area contributed by atoms with Gasteiger partial charge in [0.05, 0.1) is 0 Å². The van der Waals surface area contributed by atoms with Gasteiger partial charge in [0, 0.05) is 5.56 Å². The number of hydrogen-bond acceptors (Lipinski definition) is 1. The van der Waals surface area contributed by atoms with Crippen LogP contribution >= 0.6 is 0 Å². The summed E-state index contributed by atoms with van der Waals surface area (Å²) in [6, 6.07) is 3.78. The molecular formula is C17H21O. The second-order valence-corrected chi connectivity index (χ2v) is 4.96. The molecule has 0 aliphatic rings. The molecule has 0 fully saturated rings. The van der Waals surface area contributed by atoms with Crippen molar-refractivity contribution in [1.29, 1.82) is 0 Å². The fraction of sp³-hybridized carbons (Fsp3) is 0.294. The van der Waals surface area contributed by atoms with Gasteiger partial charge in [-0.05, 0) is 75.6 Å². The van der Waals surface area contributed by atoms with Crippen LogP contribution in [0.4, 0.5) is 0 Å². The van der Waals surface area contributed by atoms with E-state index in [4.69, 9.17) is 0 Å². The Labute approximate surface area is 112 Å². The second-order valence-electron chi connectivity index (χ2n) is 4.96. The molecule has 0 unspecified atom stereocenters. The highest BCUT2D eigenvalue weighted by Gasteiger charge is 2.19. The van der Waals surface area contributed by atoms with Crippen molar-refractivity contribution >= 4 is 5.78 Å². The summed E-state index contributed by atoms with van der Waals surface area (Å²) in [7, 11) is 0. The van der Waals surface area contributed by atoms with Crippen LogP contribution in [0.3, 0.4) is 0 Å². The van der Waals surface area contributed by atoms with Crippen molar-refractivity contribution in [3.63, 3.8) is 0 Å². The fourth-order valence-electron chi connectivity index (χ4n) is 1.95. The van der Waals surface area contributed by atoms with Crippen molar-refractivity contribution in [2.75, 3.05) is 0 Å². The molecule has 0 spiro atoms. The number of rotatable bonds is 5. The van der Waals surface area contributed by atoms with Crippen molar-refractivity contribution < 1.29 is 4.79 Å². The zero-order valence-corrected chi connectivity index (χ0v) is 11.2. The summed E-state index contributed by atoms with van der Waals surface area (Å²) < 4.78 is 0. The molecule has 18 heavy (non-hydrogen) atoms. The zero-order valence-electron chi connectivity index (χ0n) is 11.2. The third-order valence-corrected chi connectivity index (χ3v) is 3.01. The predicted molar refractivity (Wildman–Crippen MR) is 76.9 cm³/mol. The maximum Gasteiger partial charge on any atom is 0.160 e. The lowest BCUT2D eigenvalue weighted by Gasteiger charge is -2.22. The van der Waals surface area contributed by atoms with Crippen LogP contribution in [0.2, 0.25) is 0 Å². The average molecular weight is 241 g/mol. The number of carbonyl (C=O) groups excluding carboxylic acids is 1. The summed E-state index contributed by atoms with van der Waals surface area (Å²) >= 11 is 0. The molecule has 1 nitrogen and oxygen atoms in total. The van der Waals surface area contributed by atoms with Crippen molar-refractivity contribution in [2.45, 2.75) is 31.6 Å². The molecule has 5 radical (unpaired) electrons. The third kappa shape index (κ3) is 3.44. The molecule has 0 N–H and O–H groups in total. The average Bonchev–Trinajstić information content (AvgIpc) is 2.25. The van der Waals surface area contributed by atoms with E-state index >= 15 is 0 Å². The third-order valence-electron chi connectivity index (χ3n) is 3.01. The minimum Gasteiger partial charge on any atom is -0.295 e. The van der Waals surface area contributed by atoms with E-state index in [0.29, 0.717) is 5.56 Å². The van der Waals surface area contributed by atoms with Crippen LogP contribution in [0.15, 0.2) is 12.1 Å². The Kier molecular flexibility index (Phi) is 4.72. The van der Waals surface area contributed by atoms with Crippen molar-refractivity contribution in [2.24, 2.45) is 0 Å².